The first-order chi connectivity index (χ1) is 7.45. The maximum absolute atomic E-state index is 11.6. The molecule has 0 saturated carbocycles. The van der Waals surface area contributed by atoms with Crippen LogP contribution in [0.2, 0.25) is 0 Å². The highest BCUT2D eigenvalue weighted by Crippen LogP contribution is 2.13. The summed E-state index contributed by atoms with van der Waals surface area (Å²) in [5.41, 5.74) is 5.21. The summed E-state index contributed by atoms with van der Waals surface area (Å²) in [5.74, 6) is 0.134. The Morgan fingerprint density at radius 2 is 2.06 bits per heavy atom. The van der Waals surface area contributed by atoms with E-state index < -0.39 is 12.8 Å². The first-order valence-corrected chi connectivity index (χ1v) is 4.77. The van der Waals surface area contributed by atoms with Crippen LogP contribution in [0.3, 0.4) is 0 Å². The lowest BCUT2D eigenvalue weighted by Gasteiger charge is -2.08. The number of nitrogens with zero attached hydrogens (tertiary/aromatic N) is 1. The number of hydrogen-bond acceptors (Lipinski definition) is 4. The Balaban J connectivity index is 3.16. The predicted octanol–water partition coefficient (Wildman–Crippen LogP) is 0.681. The molecule has 0 bridgehead atoms. The van der Waals surface area contributed by atoms with Crippen LogP contribution in [0.5, 0.6) is 0 Å². The number of oxime groups is 1. The number of halogens is 3. The molecule has 4 N–H and O–H groups in total. The lowest BCUT2D eigenvalue weighted by Crippen LogP contribution is -2.25. The molecule has 0 saturated heterocycles. The van der Waals surface area contributed by atoms with Gasteiger partial charge in [-0.25, -0.2) is 0 Å². The van der Waals surface area contributed by atoms with Gasteiger partial charge in [0.2, 0.25) is 0 Å². The van der Waals surface area contributed by atoms with Crippen molar-refractivity contribution in [3.8, 4) is 0 Å². The van der Waals surface area contributed by atoms with Gasteiger partial charge in [0.15, 0.2) is 0 Å². The van der Waals surface area contributed by atoms with Gasteiger partial charge in [-0.3, -0.25) is 0 Å². The third kappa shape index (κ3) is 11.1. The molecule has 0 spiro atoms. The van der Waals surface area contributed by atoms with E-state index in [9.17, 15) is 13.2 Å². The fourth-order valence-corrected chi connectivity index (χ4v) is 0.902. The third-order valence-corrected chi connectivity index (χ3v) is 1.60. The van der Waals surface area contributed by atoms with Crippen molar-refractivity contribution in [2.45, 2.75) is 19.0 Å². The zero-order valence-corrected chi connectivity index (χ0v) is 8.76. The quantitative estimate of drug-likeness (QED) is 0.192. The Kier molecular flexibility index (Phi) is 7.65. The van der Waals surface area contributed by atoms with E-state index in [1.54, 1.807) is 0 Å². The molecular weight excluding hydrogens is 227 g/mol. The molecule has 0 aromatic rings. The fraction of sp³-hybridized carbons (Fsp3) is 0.875. The normalized spacial score (nSPS) is 13.1. The highest BCUT2D eigenvalue weighted by molar-refractivity contribution is 5.79. The summed E-state index contributed by atoms with van der Waals surface area (Å²) >= 11 is 0. The Morgan fingerprint density at radius 1 is 1.38 bits per heavy atom. The van der Waals surface area contributed by atoms with Gasteiger partial charge in [0.05, 0.1) is 6.61 Å². The van der Waals surface area contributed by atoms with E-state index in [4.69, 9.17) is 10.9 Å². The molecule has 0 aliphatic carbocycles. The summed E-state index contributed by atoms with van der Waals surface area (Å²) in [7, 11) is 0. The molecule has 0 radical (unpaired) electrons. The number of amidine groups is 1. The van der Waals surface area contributed by atoms with E-state index >= 15 is 0 Å². The van der Waals surface area contributed by atoms with Crippen molar-refractivity contribution in [1.82, 2.24) is 5.32 Å². The number of rotatable bonds is 8. The topological polar surface area (TPSA) is 79.9 Å². The molecule has 0 aliphatic rings. The first kappa shape index (κ1) is 15.0. The molecule has 5 nitrogen and oxygen atoms in total. The standard InChI is InChI=1S/C8H16F3N3O2/c9-8(10,11)6-16-5-4-13-3-1-2-7(12)14-15/h13,15H,1-6H2,(H2,12,14). The van der Waals surface area contributed by atoms with Gasteiger partial charge in [-0.2, -0.15) is 13.2 Å². The second kappa shape index (κ2) is 8.17. The van der Waals surface area contributed by atoms with Crippen molar-refractivity contribution in [2.75, 3.05) is 26.3 Å². The van der Waals surface area contributed by atoms with Gasteiger partial charge < -0.3 is 21.0 Å². The minimum Gasteiger partial charge on any atom is -0.409 e. The zero-order valence-electron chi connectivity index (χ0n) is 8.76. The molecule has 0 aromatic heterocycles. The van der Waals surface area contributed by atoms with Crippen LogP contribution in [0.4, 0.5) is 13.2 Å². The van der Waals surface area contributed by atoms with E-state index in [0.29, 0.717) is 25.9 Å². The van der Waals surface area contributed by atoms with Gasteiger partial charge in [0, 0.05) is 13.0 Å². The SMILES string of the molecule is NC(CCCNCCOCC(F)(F)F)=NO. The van der Waals surface area contributed by atoms with Crippen molar-refractivity contribution in [3.05, 3.63) is 0 Å². The van der Waals surface area contributed by atoms with Crippen LogP contribution in [0.1, 0.15) is 12.8 Å². The molecular formula is C8H16F3N3O2. The largest absolute Gasteiger partial charge is 0.411 e. The van der Waals surface area contributed by atoms with Crippen LogP contribution in [0.15, 0.2) is 5.16 Å². The first-order valence-electron chi connectivity index (χ1n) is 4.77. The van der Waals surface area contributed by atoms with Crippen LogP contribution in [-0.4, -0.2) is 43.5 Å². The minimum absolute atomic E-state index is 0.00306. The molecule has 0 amide bonds. The molecule has 0 atom stereocenters. The van der Waals surface area contributed by atoms with Crippen LogP contribution < -0.4 is 11.1 Å². The fourth-order valence-electron chi connectivity index (χ4n) is 0.902. The number of alkyl halides is 3. The van der Waals surface area contributed by atoms with Crippen LogP contribution >= 0.6 is 0 Å². The summed E-state index contributed by atoms with van der Waals surface area (Å²) in [4.78, 5) is 0. The van der Waals surface area contributed by atoms with E-state index in [1.807, 2.05) is 0 Å². The second-order valence-electron chi connectivity index (χ2n) is 3.11. The molecule has 96 valence electrons. The number of nitrogens with two attached hydrogens (primary N) is 1. The Morgan fingerprint density at radius 3 is 2.62 bits per heavy atom. The summed E-state index contributed by atoms with van der Waals surface area (Å²) in [6.07, 6.45) is -3.19. The van der Waals surface area contributed by atoms with E-state index in [1.165, 1.54) is 0 Å². The number of nitrogens with one attached hydrogen (secondary N) is 1. The highest BCUT2D eigenvalue weighted by atomic mass is 19.4. The molecule has 0 unspecified atom stereocenters. The lowest BCUT2D eigenvalue weighted by atomic mass is 10.3. The summed E-state index contributed by atoms with van der Waals surface area (Å²) in [5, 5.41) is 13.8. The molecule has 0 fully saturated rings. The number of ether oxygens (including phenoxy) is 1. The maximum atomic E-state index is 11.6. The highest BCUT2D eigenvalue weighted by Gasteiger charge is 2.27. The van der Waals surface area contributed by atoms with Gasteiger partial charge in [-0.05, 0) is 13.0 Å². The van der Waals surface area contributed by atoms with Crippen molar-refractivity contribution in [1.29, 1.82) is 0 Å². The zero-order chi connectivity index (χ0) is 12.4. The monoisotopic (exact) mass is 243 g/mol. The Hall–Kier alpha value is -1.02. The summed E-state index contributed by atoms with van der Waals surface area (Å²) in [6.45, 7) is -0.306. The molecule has 16 heavy (non-hydrogen) atoms. The lowest BCUT2D eigenvalue weighted by molar-refractivity contribution is -0.173. The van der Waals surface area contributed by atoms with Gasteiger partial charge >= 0.3 is 6.18 Å². The van der Waals surface area contributed by atoms with Crippen molar-refractivity contribution >= 4 is 5.84 Å². The molecule has 0 rings (SSSR count). The van der Waals surface area contributed by atoms with Crippen LogP contribution in [0, 0.1) is 0 Å². The average molecular weight is 243 g/mol. The van der Waals surface area contributed by atoms with Gasteiger partial charge in [0.1, 0.15) is 12.4 Å². The molecule has 8 heteroatoms. The second-order valence-corrected chi connectivity index (χ2v) is 3.11. The Bertz CT molecular complexity index is 209. The van der Waals surface area contributed by atoms with Crippen molar-refractivity contribution in [3.63, 3.8) is 0 Å². The molecule has 0 aliphatic heterocycles. The van der Waals surface area contributed by atoms with Crippen LogP contribution in [0.25, 0.3) is 0 Å². The summed E-state index contributed by atoms with van der Waals surface area (Å²) in [6, 6.07) is 0. The smallest absolute Gasteiger partial charge is 0.409 e. The van der Waals surface area contributed by atoms with Crippen molar-refractivity contribution in [2.24, 2.45) is 10.9 Å². The maximum Gasteiger partial charge on any atom is 0.411 e. The minimum atomic E-state index is -4.27. The van der Waals surface area contributed by atoms with Gasteiger partial charge in [-0.15, -0.1) is 0 Å². The van der Waals surface area contributed by atoms with Gasteiger partial charge in [-0.1, -0.05) is 5.16 Å². The average Bonchev–Trinajstić information content (AvgIpc) is 2.20. The van der Waals surface area contributed by atoms with Crippen LogP contribution in [-0.2, 0) is 4.74 Å². The van der Waals surface area contributed by atoms with E-state index in [-0.39, 0.29) is 12.4 Å². The van der Waals surface area contributed by atoms with Crippen molar-refractivity contribution < 1.29 is 23.1 Å². The predicted molar refractivity (Wildman–Crippen MR) is 52.4 cm³/mol. The van der Waals surface area contributed by atoms with E-state index in [2.05, 4.69) is 15.2 Å². The molecule has 0 heterocycles. The van der Waals surface area contributed by atoms with E-state index in [0.717, 1.165) is 0 Å². The van der Waals surface area contributed by atoms with Gasteiger partial charge in [0.25, 0.3) is 0 Å². The third-order valence-electron chi connectivity index (χ3n) is 1.60. The molecule has 0 aromatic carbocycles. The number of hydrogen-bond donors (Lipinski definition) is 3. The Labute approximate surface area is 91.4 Å². The summed E-state index contributed by atoms with van der Waals surface area (Å²) < 4.78 is 39.2.